The Kier molecular flexibility index (Phi) is 5.70. The molecule has 0 unspecified atom stereocenters. The van der Waals surface area contributed by atoms with Gasteiger partial charge in [0.05, 0.1) is 6.61 Å². The molecule has 0 atom stereocenters. The molecule has 0 fully saturated rings. The number of rotatable bonds is 7. The van der Waals surface area contributed by atoms with E-state index in [1.807, 2.05) is 6.07 Å². The molecule has 16 heavy (non-hydrogen) atoms. The first-order valence-electron chi connectivity index (χ1n) is 6.34. The second-order valence-corrected chi connectivity index (χ2v) is 8.98. The molecule has 0 saturated heterocycles. The van der Waals surface area contributed by atoms with Gasteiger partial charge in [-0.15, -0.1) is 0 Å². The summed E-state index contributed by atoms with van der Waals surface area (Å²) in [6.07, 6.45) is 4.19. The number of hydrogen-bond donors (Lipinski definition) is 0. The summed E-state index contributed by atoms with van der Waals surface area (Å²) in [5, 5.41) is 0. The topological polar surface area (TPSA) is 13.1 Å². The molecule has 0 N–H and O–H groups in total. The highest BCUT2D eigenvalue weighted by Gasteiger charge is 2.28. The van der Waals surface area contributed by atoms with Gasteiger partial charge in [-0.25, -0.2) is 4.57 Å². The van der Waals surface area contributed by atoms with E-state index >= 15 is 0 Å². The Morgan fingerprint density at radius 2 is 1.50 bits per heavy atom. The Labute approximate surface area is 100 Å². The predicted octanol–water partition coefficient (Wildman–Crippen LogP) is 3.00. The maximum atomic E-state index is 6.20. The highest BCUT2D eigenvalue weighted by Crippen LogP contribution is 2.21. The van der Waals surface area contributed by atoms with Gasteiger partial charge in [0.15, 0.2) is 27.3 Å². The van der Waals surface area contributed by atoms with Crippen LogP contribution in [0.5, 0.6) is 0 Å². The summed E-state index contributed by atoms with van der Waals surface area (Å²) in [6.45, 7) is 8.64. The first kappa shape index (κ1) is 13.4. The first-order chi connectivity index (χ1) is 7.76. The fraction of sp³-hybridized carbons (Fsp3) is 0.615. The fourth-order valence-corrected chi connectivity index (χ4v) is 4.64. The molecule has 0 spiro atoms. The van der Waals surface area contributed by atoms with Crippen molar-refractivity contribution >= 4 is 8.32 Å². The van der Waals surface area contributed by atoms with Crippen LogP contribution in [0, 0.1) is 0 Å². The maximum Gasteiger partial charge on any atom is 0.192 e. The van der Waals surface area contributed by atoms with Gasteiger partial charge < -0.3 is 4.43 Å². The summed E-state index contributed by atoms with van der Waals surface area (Å²) in [4.78, 5) is 0. The molecule has 1 rings (SSSR count). The third kappa shape index (κ3) is 3.72. The van der Waals surface area contributed by atoms with Crippen molar-refractivity contribution < 1.29 is 8.99 Å². The molecule has 0 aliphatic heterocycles. The lowest BCUT2D eigenvalue weighted by atomic mass is 10.5. The normalized spacial score (nSPS) is 11.7. The van der Waals surface area contributed by atoms with Crippen molar-refractivity contribution in [2.24, 2.45) is 0 Å². The Morgan fingerprint density at radius 1 is 0.938 bits per heavy atom. The van der Waals surface area contributed by atoms with Crippen molar-refractivity contribution in [3.05, 3.63) is 30.6 Å². The third-order valence-corrected chi connectivity index (χ3v) is 8.15. The minimum Gasteiger partial charge on any atom is -0.410 e. The summed E-state index contributed by atoms with van der Waals surface area (Å²) in [5.74, 6) is 0. The molecule has 90 valence electrons. The van der Waals surface area contributed by atoms with E-state index in [1.165, 1.54) is 18.1 Å². The predicted molar refractivity (Wildman–Crippen MR) is 69.8 cm³/mol. The third-order valence-electron chi connectivity index (χ3n) is 3.47. The van der Waals surface area contributed by atoms with Crippen LogP contribution in [0.1, 0.15) is 20.8 Å². The number of nitrogens with zero attached hydrogens (tertiary/aromatic N) is 1. The van der Waals surface area contributed by atoms with E-state index in [0.29, 0.717) is 0 Å². The van der Waals surface area contributed by atoms with Crippen molar-refractivity contribution in [1.82, 2.24) is 0 Å². The summed E-state index contributed by atoms with van der Waals surface area (Å²) >= 11 is 0. The summed E-state index contributed by atoms with van der Waals surface area (Å²) < 4.78 is 8.38. The lowest BCUT2D eigenvalue weighted by Crippen LogP contribution is -2.41. The van der Waals surface area contributed by atoms with Crippen LogP contribution in [-0.4, -0.2) is 14.9 Å². The van der Waals surface area contributed by atoms with Gasteiger partial charge in [-0.05, 0) is 18.1 Å². The van der Waals surface area contributed by atoms with Crippen LogP contribution in [0.25, 0.3) is 0 Å². The van der Waals surface area contributed by atoms with Crippen LogP contribution in [0.2, 0.25) is 18.1 Å². The van der Waals surface area contributed by atoms with Crippen molar-refractivity contribution in [3.63, 3.8) is 0 Å². The van der Waals surface area contributed by atoms with Gasteiger partial charge in [-0.2, -0.15) is 0 Å². The van der Waals surface area contributed by atoms with E-state index in [4.69, 9.17) is 4.43 Å². The number of aromatic nitrogens is 1. The molecule has 0 aromatic carbocycles. The van der Waals surface area contributed by atoms with Crippen LogP contribution in [0.3, 0.4) is 0 Å². The highest BCUT2D eigenvalue weighted by molar-refractivity contribution is 6.73. The van der Waals surface area contributed by atoms with Crippen LogP contribution >= 0.6 is 0 Å². The van der Waals surface area contributed by atoms with Crippen LogP contribution < -0.4 is 4.57 Å². The minimum atomic E-state index is -1.38. The van der Waals surface area contributed by atoms with Gasteiger partial charge in [0.1, 0.15) is 0 Å². The van der Waals surface area contributed by atoms with Gasteiger partial charge >= 0.3 is 0 Å². The van der Waals surface area contributed by atoms with E-state index in [9.17, 15) is 0 Å². The van der Waals surface area contributed by atoms with Gasteiger partial charge in [0.2, 0.25) is 0 Å². The van der Waals surface area contributed by atoms with Crippen molar-refractivity contribution in [2.75, 3.05) is 6.61 Å². The SMILES string of the molecule is CC[Si](CC)(CC)OCC[n+]1ccccc1. The first-order valence-corrected chi connectivity index (χ1v) is 8.87. The van der Waals surface area contributed by atoms with E-state index in [1.54, 1.807) is 0 Å². The number of pyridine rings is 1. The van der Waals surface area contributed by atoms with Crippen molar-refractivity contribution in [3.8, 4) is 0 Å². The molecule has 0 bridgehead atoms. The zero-order valence-electron chi connectivity index (χ0n) is 10.8. The Hall–Kier alpha value is -0.673. The molecule has 0 amide bonds. The summed E-state index contributed by atoms with van der Waals surface area (Å²) in [5.41, 5.74) is 0. The van der Waals surface area contributed by atoms with Crippen molar-refractivity contribution in [2.45, 2.75) is 45.4 Å². The average Bonchev–Trinajstić information content (AvgIpc) is 2.37. The van der Waals surface area contributed by atoms with E-state index in [0.717, 1.165) is 13.2 Å². The largest absolute Gasteiger partial charge is 0.410 e. The molecule has 0 saturated carbocycles. The van der Waals surface area contributed by atoms with E-state index < -0.39 is 8.32 Å². The van der Waals surface area contributed by atoms with Crippen LogP contribution in [0.4, 0.5) is 0 Å². The molecule has 2 nitrogen and oxygen atoms in total. The Bertz CT molecular complexity index is 277. The van der Waals surface area contributed by atoms with Gasteiger partial charge in [0, 0.05) is 12.1 Å². The lowest BCUT2D eigenvalue weighted by molar-refractivity contribution is -0.697. The second-order valence-electron chi connectivity index (χ2n) is 4.21. The molecule has 3 heteroatoms. The zero-order chi connectivity index (χ0) is 11.9. The average molecular weight is 238 g/mol. The lowest BCUT2D eigenvalue weighted by Gasteiger charge is -2.27. The van der Waals surface area contributed by atoms with Gasteiger partial charge in [-0.3, -0.25) is 0 Å². The smallest absolute Gasteiger partial charge is 0.192 e. The van der Waals surface area contributed by atoms with Gasteiger partial charge in [-0.1, -0.05) is 26.8 Å². The molecular formula is C13H24NOSi+. The molecular weight excluding hydrogens is 214 g/mol. The van der Waals surface area contributed by atoms with E-state index in [-0.39, 0.29) is 0 Å². The van der Waals surface area contributed by atoms with Gasteiger partial charge in [0.25, 0.3) is 0 Å². The Balaban J connectivity index is 2.39. The molecule has 0 aliphatic carbocycles. The Morgan fingerprint density at radius 3 is 2.00 bits per heavy atom. The standard InChI is InChI=1S/C13H24NOSi/c1-4-16(5-2,6-3)15-13-12-14-10-8-7-9-11-14/h7-11H,4-6,12-13H2,1-3H3/q+1. The van der Waals surface area contributed by atoms with Crippen LogP contribution in [0.15, 0.2) is 30.6 Å². The number of hydrogen-bond acceptors (Lipinski definition) is 1. The molecule has 0 radical (unpaired) electrons. The molecule has 1 aromatic heterocycles. The fourth-order valence-electron chi connectivity index (χ4n) is 2.01. The zero-order valence-corrected chi connectivity index (χ0v) is 11.8. The summed E-state index contributed by atoms with van der Waals surface area (Å²) in [6, 6.07) is 9.87. The van der Waals surface area contributed by atoms with Crippen molar-refractivity contribution in [1.29, 1.82) is 0 Å². The highest BCUT2D eigenvalue weighted by atomic mass is 28.4. The second kappa shape index (κ2) is 6.81. The monoisotopic (exact) mass is 238 g/mol. The molecule has 0 aliphatic rings. The summed E-state index contributed by atoms with van der Waals surface area (Å²) in [7, 11) is -1.38. The quantitative estimate of drug-likeness (QED) is 0.526. The van der Waals surface area contributed by atoms with E-state index in [2.05, 4.69) is 49.9 Å². The maximum absolute atomic E-state index is 6.20. The minimum absolute atomic E-state index is 0.858. The molecule has 1 heterocycles. The van der Waals surface area contributed by atoms with Crippen LogP contribution in [-0.2, 0) is 11.0 Å². The molecule has 1 aromatic rings.